The van der Waals surface area contributed by atoms with Crippen molar-refractivity contribution in [3.05, 3.63) is 58.3 Å². The van der Waals surface area contributed by atoms with Crippen molar-refractivity contribution in [2.45, 2.75) is 32.7 Å². The lowest BCUT2D eigenvalue weighted by molar-refractivity contribution is -0.121. The maximum Gasteiger partial charge on any atom is 0.252 e. The third-order valence-electron chi connectivity index (χ3n) is 4.58. The van der Waals surface area contributed by atoms with Crippen LogP contribution in [0.15, 0.2) is 47.2 Å². The first-order chi connectivity index (χ1) is 13.2. The second-order valence-corrected chi connectivity index (χ2v) is 7.10. The normalized spacial score (nSPS) is 12.0. The number of rotatable bonds is 11. The van der Waals surface area contributed by atoms with Crippen LogP contribution in [0.2, 0.25) is 0 Å². The average Bonchev–Trinajstić information content (AvgIpc) is 3.24. The van der Waals surface area contributed by atoms with Gasteiger partial charge in [0.05, 0.1) is 6.04 Å². The van der Waals surface area contributed by atoms with Gasteiger partial charge in [0.25, 0.3) is 5.91 Å². The fraction of sp³-hybridized carbons (Fsp3) is 0.429. The number of thiophene rings is 1. The number of amides is 2. The van der Waals surface area contributed by atoms with E-state index in [1.807, 2.05) is 29.0 Å². The Morgan fingerprint density at radius 1 is 1.07 bits per heavy atom. The number of likely N-dealkylation sites (N-methyl/N-ethyl adjacent to an activating group) is 1. The summed E-state index contributed by atoms with van der Waals surface area (Å²) in [6.07, 6.45) is 1.03. The van der Waals surface area contributed by atoms with E-state index >= 15 is 0 Å². The van der Waals surface area contributed by atoms with Crippen molar-refractivity contribution in [2.75, 3.05) is 26.2 Å². The topological polar surface area (TPSA) is 61.4 Å². The Morgan fingerprint density at radius 3 is 2.44 bits per heavy atom. The summed E-state index contributed by atoms with van der Waals surface area (Å²) in [5.74, 6) is -0.0600. The van der Waals surface area contributed by atoms with E-state index in [1.165, 1.54) is 16.9 Å². The molecule has 0 saturated carbocycles. The molecule has 1 aromatic carbocycles. The second-order valence-electron chi connectivity index (χ2n) is 6.32. The van der Waals surface area contributed by atoms with Gasteiger partial charge in [-0.1, -0.05) is 44.2 Å². The van der Waals surface area contributed by atoms with E-state index in [0.29, 0.717) is 31.5 Å². The summed E-state index contributed by atoms with van der Waals surface area (Å²) in [4.78, 5) is 26.4. The molecule has 0 fully saturated rings. The van der Waals surface area contributed by atoms with Gasteiger partial charge in [0.15, 0.2) is 0 Å². The van der Waals surface area contributed by atoms with Gasteiger partial charge in [-0.05, 0) is 36.5 Å². The Hall–Kier alpha value is -2.18. The highest BCUT2D eigenvalue weighted by Gasteiger charge is 2.18. The SMILES string of the molecule is CCN(CC)[C@H](CNC(=O)CCCNC(=O)c1ccsc1)c1ccccc1. The van der Waals surface area contributed by atoms with Crippen LogP contribution < -0.4 is 10.6 Å². The maximum atomic E-state index is 12.2. The number of benzene rings is 1. The predicted molar refractivity (Wildman–Crippen MR) is 111 cm³/mol. The van der Waals surface area contributed by atoms with Crippen LogP contribution in [0.5, 0.6) is 0 Å². The van der Waals surface area contributed by atoms with Crippen molar-refractivity contribution in [1.82, 2.24) is 15.5 Å². The van der Waals surface area contributed by atoms with Gasteiger partial charge in [-0.25, -0.2) is 0 Å². The molecule has 0 unspecified atom stereocenters. The molecule has 0 aliphatic heterocycles. The molecule has 1 atom stereocenters. The minimum Gasteiger partial charge on any atom is -0.354 e. The molecule has 0 spiro atoms. The van der Waals surface area contributed by atoms with E-state index < -0.39 is 0 Å². The van der Waals surface area contributed by atoms with Gasteiger partial charge < -0.3 is 10.6 Å². The fourth-order valence-electron chi connectivity index (χ4n) is 3.04. The standard InChI is InChI=1S/C21H29N3O2S/c1-3-24(4-2)19(17-9-6-5-7-10-17)15-23-20(25)11-8-13-22-21(26)18-12-14-27-16-18/h5-7,9-10,12,14,16,19H,3-4,8,11,13,15H2,1-2H3,(H,22,26)(H,23,25)/t19-/m1/s1. The highest BCUT2D eigenvalue weighted by Crippen LogP contribution is 2.19. The van der Waals surface area contributed by atoms with Crippen LogP contribution in [-0.2, 0) is 4.79 Å². The lowest BCUT2D eigenvalue weighted by atomic mass is 10.0. The smallest absolute Gasteiger partial charge is 0.252 e. The molecule has 0 saturated heterocycles. The van der Waals surface area contributed by atoms with Crippen LogP contribution in [0, 0.1) is 0 Å². The number of nitrogens with zero attached hydrogens (tertiary/aromatic N) is 1. The number of carbonyl (C=O) groups excluding carboxylic acids is 2. The number of hydrogen-bond acceptors (Lipinski definition) is 4. The summed E-state index contributed by atoms with van der Waals surface area (Å²) in [6, 6.07) is 12.2. The van der Waals surface area contributed by atoms with Crippen LogP contribution in [0.25, 0.3) is 0 Å². The van der Waals surface area contributed by atoms with Gasteiger partial charge in [0, 0.05) is 30.5 Å². The van der Waals surface area contributed by atoms with E-state index in [0.717, 1.165) is 13.1 Å². The van der Waals surface area contributed by atoms with Gasteiger partial charge >= 0.3 is 0 Å². The van der Waals surface area contributed by atoms with E-state index in [9.17, 15) is 9.59 Å². The van der Waals surface area contributed by atoms with Gasteiger partial charge in [0.2, 0.25) is 5.91 Å². The van der Waals surface area contributed by atoms with Crippen molar-refractivity contribution in [3.8, 4) is 0 Å². The van der Waals surface area contributed by atoms with Gasteiger partial charge in [-0.2, -0.15) is 11.3 Å². The second kappa shape index (κ2) is 11.5. The minimum absolute atomic E-state index is 0.0212. The quantitative estimate of drug-likeness (QED) is 0.581. The van der Waals surface area contributed by atoms with Gasteiger partial charge in [0.1, 0.15) is 0 Å². The van der Waals surface area contributed by atoms with Crippen molar-refractivity contribution < 1.29 is 9.59 Å². The fourth-order valence-corrected chi connectivity index (χ4v) is 3.68. The summed E-state index contributed by atoms with van der Waals surface area (Å²) >= 11 is 1.50. The molecule has 6 heteroatoms. The minimum atomic E-state index is -0.0812. The Kier molecular flexibility index (Phi) is 9.01. The van der Waals surface area contributed by atoms with Crippen molar-refractivity contribution in [2.24, 2.45) is 0 Å². The van der Waals surface area contributed by atoms with E-state index in [4.69, 9.17) is 0 Å². The van der Waals surface area contributed by atoms with Crippen LogP contribution >= 0.6 is 11.3 Å². The van der Waals surface area contributed by atoms with Crippen LogP contribution in [0.1, 0.15) is 48.7 Å². The first-order valence-corrected chi connectivity index (χ1v) is 10.5. The molecule has 2 aromatic rings. The maximum absolute atomic E-state index is 12.2. The summed E-state index contributed by atoms with van der Waals surface area (Å²) in [7, 11) is 0. The molecule has 2 amide bonds. The number of nitrogens with one attached hydrogen (secondary N) is 2. The predicted octanol–water partition coefficient (Wildman–Crippen LogP) is 3.46. The zero-order valence-corrected chi connectivity index (χ0v) is 16.9. The number of hydrogen-bond donors (Lipinski definition) is 2. The summed E-state index contributed by atoms with van der Waals surface area (Å²) in [5.41, 5.74) is 1.89. The molecule has 1 aromatic heterocycles. The van der Waals surface area contributed by atoms with Crippen LogP contribution in [-0.4, -0.2) is 42.9 Å². The molecule has 2 N–H and O–H groups in total. The van der Waals surface area contributed by atoms with Crippen molar-refractivity contribution >= 4 is 23.2 Å². The first kappa shape index (κ1) is 21.1. The van der Waals surface area contributed by atoms with E-state index in [2.05, 4.69) is 41.5 Å². The van der Waals surface area contributed by atoms with E-state index in [1.54, 1.807) is 6.07 Å². The van der Waals surface area contributed by atoms with Crippen molar-refractivity contribution in [1.29, 1.82) is 0 Å². The molecule has 2 rings (SSSR count). The zero-order valence-electron chi connectivity index (χ0n) is 16.1. The van der Waals surface area contributed by atoms with Crippen LogP contribution in [0.3, 0.4) is 0 Å². The van der Waals surface area contributed by atoms with Crippen LogP contribution in [0.4, 0.5) is 0 Å². The Balaban J connectivity index is 1.75. The summed E-state index contributed by atoms with van der Waals surface area (Å²) in [5, 5.41) is 9.60. The molecular weight excluding hydrogens is 358 g/mol. The molecule has 0 aliphatic rings. The third-order valence-corrected chi connectivity index (χ3v) is 5.26. The largest absolute Gasteiger partial charge is 0.354 e. The Morgan fingerprint density at radius 2 is 1.81 bits per heavy atom. The molecule has 0 aliphatic carbocycles. The lowest BCUT2D eigenvalue weighted by Crippen LogP contribution is -2.38. The molecule has 27 heavy (non-hydrogen) atoms. The third kappa shape index (κ3) is 6.81. The summed E-state index contributed by atoms with van der Waals surface area (Å²) in [6.45, 7) is 7.22. The van der Waals surface area contributed by atoms with E-state index in [-0.39, 0.29) is 17.9 Å². The average molecular weight is 388 g/mol. The Labute approximate surface area is 165 Å². The molecular formula is C21H29N3O2S. The number of carbonyl (C=O) groups is 2. The van der Waals surface area contributed by atoms with Crippen molar-refractivity contribution in [3.63, 3.8) is 0 Å². The first-order valence-electron chi connectivity index (χ1n) is 9.51. The highest BCUT2D eigenvalue weighted by molar-refractivity contribution is 7.08. The molecule has 0 radical (unpaired) electrons. The monoisotopic (exact) mass is 387 g/mol. The van der Waals surface area contributed by atoms with Gasteiger partial charge in [-0.15, -0.1) is 0 Å². The molecule has 5 nitrogen and oxygen atoms in total. The van der Waals surface area contributed by atoms with Gasteiger partial charge in [-0.3, -0.25) is 14.5 Å². The zero-order chi connectivity index (χ0) is 19.5. The molecule has 0 bridgehead atoms. The molecule has 1 heterocycles. The molecule has 146 valence electrons. The Bertz CT molecular complexity index is 685. The lowest BCUT2D eigenvalue weighted by Gasteiger charge is -2.30. The summed E-state index contributed by atoms with van der Waals surface area (Å²) < 4.78 is 0. The highest BCUT2D eigenvalue weighted by atomic mass is 32.1.